The van der Waals surface area contributed by atoms with Gasteiger partial charge < -0.3 is 10.6 Å². The zero-order valence-corrected chi connectivity index (χ0v) is 14.8. The quantitative estimate of drug-likeness (QED) is 0.595. The van der Waals surface area contributed by atoms with Crippen LogP contribution >= 0.6 is 0 Å². The van der Waals surface area contributed by atoms with Crippen molar-refractivity contribution >= 4 is 11.7 Å². The average molecular weight is 406 g/mol. The molecule has 1 unspecified atom stereocenters. The molecule has 2 amide bonds. The van der Waals surface area contributed by atoms with Crippen LogP contribution in [0.3, 0.4) is 0 Å². The molecule has 1 aliphatic heterocycles. The van der Waals surface area contributed by atoms with E-state index in [-0.39, 0.29) is 23.7 Å². The highest BCUT2D eigenvalue weighted by molar-refractivity contribution is 5.95. The highest BCUT2D eigenvalue weighted by atomic mass is 19.4. The van der Waals surface area contributed by atoms with Gasteiger partial charge in [0.1, 0.15) is 5.82 Å². The van der Waals surface area contributed by atoms with E-state index in [4.69, 9.17) is 0 Å². The van der Waals surface area contributed by atoms with Crippen molar-refractivity contribution in [2.75, 3.05) is 5.32 Å². The SMILES string of the molecule is O=C1Nc2cc(Cn3ncccc3=O)c(F)cc2C(C#CC2CC2)(C(F)(F)F)N1. The molecule has 1 aromatic heterocycles. The minimum absolute atomic E-state index is 0.0991. The van der Waals surface area contributed by atoms with Gasteiger partial charge in [0.25, 0.3) is 5.56 Å². The predicted octanol–water partition coefficient (Wildman–Crippen LogP) is 2.74. The first-order chi connectivity index (χ1) is 13.7. The van der Waals surface area contributed by atoms with E-state index in [0.29, 0.717) is 18.9 Å². The second-order valence-corrected chi connectivity index (χ2v) is 6.88. The standard InChI is InChI=1S/C19H14F4N4O2/c20-14-9-13-15(8-12(14)10-27-16(28)2-1-7-24-27)25-17(29)26-18(13,19(21,22)23)6-5-11-3-4-11/h1-2,7-9,11H,3-4,10H2,(H2,25,26,29). The molecular formula is C19H14F4N4O2. The van der Waals surface area contributed by atoms with Crippen LogP contribution in [-0.4, -0.2) is 22.0 Å². The number of hydrogen-bond donors (Lipinski definition) is 2. The monoisotopic (exact) mass is 406 g/mol. The normalized spacial score (nSPS) is 20.8. The van der Waals surface area contributed by atoms with Gasteiger partial charge in [0, 0.05) is 35.0 Å². The van der Waals surface area contributed by atoms with E-state index in [9.17, 15) is 27.2 Å². The van der Waals surface area contributed by atoms with Gasteiger partial charge in [0.2, 0.25) is 5.54 Å². The lowest BCUT2D eigenvalue weighted by atomic mass is 9.85. The minimum atomic E-state index is -4.98. The zero-order valence-electron chi connectivity index (χ0n) is 14.8. The summed E-state index contributed by atoms with van der Waals surface area (Å²) in [5, 5.41) is 7.90. The Morgan fingerprint density at radius 1 is 1.28 bits per heavy atom. The fourth-order valence-corrected chi connectivity index (χ4v) is 3.04. The Morgan fingerprint density at radius 2 is 2.03 bits per heavy atom. The number of hydrogen-bond acceptors (Lipinski definition) is 3. The molecule has 2 aliphatic rings. The molecule has 4 rings (SSSR count). The third-order valence-corrected chi connectivity index (χ3v) is 4.71. The van der Waals surface area contributed by atoms with Crippen molar-refractivity contribution in [2.24, 2.45) is 5.92 Å². The van der Waals surface area contributed by atoms with Crippen molar-refractivity contribution in [1.82, 2.24) is 15.1 Å². The van der Waals surface area contributed by atoms with Crippen LogP contribution in [0, 0.1) is 23.6 Å². The summed E-state index contributed by atoms with van der Waals surface area (Å²) < 4.78 is 57.8. The predicted molar refractivity (Wildman–Crippen MR) is 94.4 cm³/mol. The number of nitrogens with zero attached hydrogens (tertiary/aromatic N) is 2. The first kappa shape index (κ1) is 19.0. The number of carbonyl (C=O) groups is 1. The maximum absolute atomic E-state index is 14.7. The summed E-state index contributed by atoms with van der Waals surface area (Å²) in [6, 6.07) is 3.29. The minimum Gasteiger partial charge on any atom is -0.310 e. The van der Waals surface area contributed by atoms with Crippen molar-refractivity contribution in [3.05, 3.63) is 57.8 Å². The van der Waals surface area contributed by atoms with Crippen molar-refractivity contribution in [2.45, 2.75) is 31.1 Å². The van der Waals surface area contributed by atoms with Crippen LogP contribution in [-0.2, 0) is 12.1 Å². The van der Waals surface area contributed by atoms with Crippen LogP contribution in [0.25, 0.3) is 0 Å². The fourth-order valence-electron chi connectivity index (χ4n) is 3.04. The van der Waals surface area contributed by atoms with E-state index >= 15 is 0 Å². The Hall–Kier alpha value is -3.35. The number of halogens is 4. The molecule has 1 saturated carbocycles. The van der Waals surface area contributed by atoms with Gasteiger partial charge in [-0.05, 0) is 31.0 Å². The van der Waals surface area contributed by atoms with Crippen LogP contribution in [0.5, 0.6) is 0 Å². The summed E-state index contributed by atoms with van der Waals surface area (Å²) in [7, 11) is 0. The smallest absolute Gasteiger partial charge is 0.310 e. The van der Waals surface area contributed by atoms with Gasteiger partial charge in [0.05, 0.1) is 6.54 Å². The van der Waals surface area contributed by atoms with E-state index < -0.39 is 34.7 Å². The lowest BCUT2D eigenvalue weighted by Crippen LogP contribution is -2.59. The molecule has 2 aromatic rings. The van der Waals surface area contributed by atoms with E-state index in [1.54, 1.807) is 0 Å². The number of fused-ring (bicyclic) bond motifs is 1. The third-order valence-electron chi connectivity index (χ3n) is 4.71. The highest BCUT2D eigenvalue weighted by Crippen LogP contribution is 2.45. The van der Waals surface area contributed by atoms with Crippen LogP contribution in [0.4, 0.5) is 28.0 Å². The van der Waals surface area contributed by atoms with E-state index in [1.165, 1.54) is 18.3 Å². The first-order valence-electron chi connectivity index (χ1n) is 8.73. The Labute approximate surface area is 161 Å². The summed E-state index contributed by atoms with van der Waals surface area (Å²) in [6.07, 6.45) is -2.28. The molecule has 1 fully saturated rings. The molecule has 1 aliphatic carbocycles. The Balaban J connectivity index is 1.84. The van der Waals surface area contributed by atoms with Gasteiger partial charge in [-0.1, -0.05) is 11.8 Å². The first-order valence-corrected chi connectivity index (χ1v) is 8.73. The lowest BCUT2D eigenvalue weighted by Gasteiger charge is -2.37. The number of anilines is 1. The maximum atomic E-state index is 14.7. The second kappa shape index (κ2) is 6.62. The molecule has 0 radical (unpaired) electrons. The van der Waals surface area contributed by atoms with Crippen molar-refractivity contribution in [3.63, 3.8) is 0 Å². The number of alkyl halides is 3. The van der Waals surface area contributed by atoms with E-state index in [1.807, 2.05) is 5.32 Å². The van der Waals surface area contributed by atoms with Gasteiger partial charge in [-0.2, -0.15) is 18.3 Å². The number of rotatable bonds is 2. The number of benzene rings is 1. The molecule has 150 valence electrons. The topological polar surface area (TPSA) is 76.0 Å². The number of aromatic nitrogens is 2. The zero-order chi connectivity index (χ0) is 20.8. The number of urea groups is 1. The van der Waals surface area contributed by atoms with Crippen molar-refractivity contribution in [3.8, 4) is 11.8 Å². The number of amides is 2. The third kappa shape index (κ3) is 3.44. The van der Waals surface area contributed by atoms with Gasteiger partial charge >= 0.3 is 12.2 Å². The molecule has 2 heterocycles. The lowest BCUT2D eigenvalue weighted by molar-refractivity contribution is -0.178. The van der Waals surface area contributed by atoms with Crippen LogP contribution in [0.2, 0.25) is 0 Å². The van der Waals surface area contributed by atoms with Gasteiger partial charge in [-0.15, -0.1) is 0 Å². The molecule has 2 N–H and O–H groups in total. The van der Waals surface area contributed by atoms with Crippen LogP contribution < -0.4 is 16.2 Å². The van der Waals surface area contributed by atoms with Gasteiger partial charge in [-0.25, -0.2) is 13.9 Å². The molecule has 1 aromatic carbocycles. The number of nitrogens with one attached hydrogen (secondary N) is 2. The van der Waals surface area contributed by atoms with Crippen LogP contribution in [0.15, 0.2) is 35.3 Å². The molecule has 29 heavy (non-hydrogen) atoms. The molecule has 0 bridgehead atoms. The summed E-state index contributed by atoms with van der Waals surface area (Å²) in [5.74, 6) is 3.54. The average Bonchev–Trinajstić information content (AvgIpc) is 3.46. The summed E-state index contributed by atoms with van der Waals surface area (Å²) in [6.45, 7) is -0.311. The summed E-state index contributed by atoms with van der Waals surface area (Å²) in [5.41, 5.74) is -4.38. The Kier molecular flexibility index (Phi) is 4.33. The van der Waals surface area contributed by atoms with Gasteiger partial charge in [0.15, 0.2) is 0 Å². The Morgan fingerprint density at radius 3 is 2.69 bits per heavy atom. The molecule has 10 heteroatoms. The van der Waals surface area contributed by atoms with E-state index in [2.05, 4.69) is 22.3 Å². The van der Waals surface area contributed by atoms with Crippen LogP contribution in [0.1, 0.15) is 24.0 Å². The summed E-state index contributed by atoms with van der Waals surface area (Å²) >= 11 is 0. The molecule has 0 spiro atoms. The highest BCUT2D eigenvalue weighted by Gasteiger charge is 2.59. The summed E-state index contributed by atoms with van der Waals surface area (Å²) in [4.78, 5) is 23.8. The van der Waals surface area contributed by atoms with Gasteiger partial charge in [-0.3, -0.25) is 4.79 Å². The number of carbonyl (C=O) groups excluding carboxylic acids is 1. The Bertz CT molecular complexity index is 1110. The largest absolute Gasteiger partial charge is 0.427 e. The van der Waals surface area contributed by atoms with E-state index in [0.717, 1.165) is 10.7 Å². The van der Waals surface area contributed by atoms with Crippen molar-refractivity contribution in [1.29, 1.82) is 0 Å². The maximum Gasteiger partial charge on any atom is 0.427 e. The molecule has 0 saturated heterocycles. The molecule has 1 atom stereocenters. The molecular weight excluding hydrogens is 392 g/mol. The molecule has 6 nitrogen and oxygen atoms in total. The fraction of sp³-hybridized carbons (Fsp3) is 0.316. The second-order valence-electron chi connectivity index (χ2n) is 6.88. The van der Waals surface area contributed by atoms with Crippen molar-refractivity contribution < 1.29 is 22.4 Å².